The summed E-state index contributed by atoms with van der Waals surface area (Å²) in [4.78, 5) is 23.5. The minimum absolute atomic E-state index is 0. The molecule has 0 aliphatic heterocycles. The Bertz CT molecular complexity index is 462. The number of nitrogens with one attached hydrogen (secondary N) is 2. The van der Waals surface area contributed by atoms with Crippen LogP contribution in [0.3, 0.4) is 0 Å². The molecule has 118 valence electrons. The van der Waals surface area contributed by atoms with Crippen molar-refractivity contribution < 1.29 is 9.59 Å². The minimum atomic E-state index is -0.525. The molecule has 1 rings (SSSR count). The molecule has 4 N–H and O–H groups in total. The summed E-state index contributed by atoms with van der Waals surface area (Å²) in [5.74, 6) is -0.198. The number of anilines is 1. The van der Waals surface area contributed by atoms with Crippen LogP contribution in [0.4, 0.5) is 5.69 Å². The molecule has 21 heavy (non-hydrogen) atoms. The fourth-order valence-corrected chi connectivity index (χ4v) is 1.71. The lowest BCUT2D eigenvalue weighted by Crippen LogP contribution is -2.40. The van der Waals surface area contributed by atoms with Crippen LogP contribution in [0.25, 0.3) is 0 Å². The highest BCUT2D eigenvalue weighted by atomic mass is 35.5. The summed E-state index contributed by atoms with van der Waals surface area (Å²) in [6.07, 6.45) is 0.852. The van der Waals surface area contributed by atoms with Gasteiger partial charge in [-0.2, -0.15) is 0 Å². The molecule has 0 spiro atoms. The fourth-order valence-electron chi connectivity index (χ4n) is 1.71. The predicted octanol–water partition coefficient (Wildman–Crippen LogP) is 2.17. The number of hydrogen-bond acceptors (Lipinski definition) is 3. The van der Waals surface area contributed by atoms with Crippen molar-refractivity contribution in [3.8, 4) is 0 Å². The molecule has 0 radical (unpaired) electrons. The van der Waals surface area contributed by atoms with Crippen molar-refractivity contribution in [3.63, 3.8) is 0 Å². The topological polar surface area (TPSA) is 84.2 Å². The second-order valence-corrected chi connectivity index (χ2v) is 4.84. The Morgan fingerprint density at radius 1 is 1.19 bits per heavy atom. The third-order valence-corrected chi connectivity index (χ3v) is 3.31. The summed E-state index contributed by atoms with van der Waals surface area (Å²) in [5.41, 5.74) is 7.07. The number of benzene rings is 1. The van der Waals surface area contributed by atoms with Gasteiger partial charge in [0.2, 0.25) is 5.91 Å². The summed E-state index contributed by atoms with van der Waals surface area (Å²) < 4.78 is 0. The lowest BCUT2D eigenvalue weighted by molar-refractivity contribution is -0.118. The van der Waals surface area contributed by atoms with E-state index in [0.29, 0.717) is 17.8 Å². The first-order chi connectivity index (χ1) is 9.49. The van der Waals surface area contributed by atoms with Crippen LogP contribution >= 0.6 is 12.4 Å². The predicted molar refractivity (Wildman–Crippen MR) is 87.8 cm³/mol. The van der Waals surface area contributed by atoms with E-state index in [9.17, 15) is 9.59 Å². The molecule has 0 bridgehead atoms. The molecule has 0 aliphatic carbocycles. The van der Waals surface area contributed by atoms with Crippen molar-refractivity contribution >= 4 is 29.9 Å². The lowest BCUT2D eigenvalue weighted by atomic mass is 9.99. The number of rotatable bonds is 6. The largest absolute Gasteiger partial charge is 0.352 e. The zero-order chi connectivity index (χ0) is 15.1. The lowest BCUT2D eigenvalue weighted by Gasteiger charge is -2.17. The van der Waals surface area contributed by atoms with Gasteiger partial charge in [-0.3, -0.25) is 9.59 Å². The molecule has 0 saturated heterocycles. The van der Waals surface area contributed by atoms with Crippen LogP contribution < -0.4 is 16.4 Å². The van der Waals surface area contributed by atoms with Crippen LogP contribution in [0.2, 0.25) is 0 Å². The molecule has 6 heteroatoms. The average molecular weight is 314 g/mol. The van der Waals surface area contributed by atoms with Gasteiger partial charge in [0.25, 0.3) is 5.91 Å². The van der Waals surface area contributed by atoms with Crippen LogP contribution in [-0.2, 0) is 4.79 Å². The maximum Gasteiger partial charge on any atom is 0.251 e. The summed E-state index contributed by atoms with van der Waals surface area (Å²) in [7, 11) is 0. The molecule has 2 unspecified atom stereocenters. The van der Waals surface area contributed by atoms with E-state index in [4.69, 9.17) is 5.73 Å². The summed E-state index contributed by atoms with van der Waals surface area (Å²) in [6, 6.07) is 6.23. The van der Waals surface area contributed by atoms with Gasteiger partial charge in [-0.05, 0) is 37.1 Å². The van der Waals surface area contributed by atoms with Gasteiger partial charge in [-0.1, -0.05) is 20.3 Å². The normalized spacial score (nSPS) is 12.8. The van der Waals surface area contributed by atoms with Crippen LogP contribution in [0.5, 0.6) is 0 Å². The van der Waals surface area contributed by atoms with Crippen molar-refractivity contribution in [2.24, 2.45) is 11.7 Å². The highest BCUT2D eigenvalue weighted by molar-refractivity contribution is 5.97. The maximum absolute atomic E-state index is 11.9. The molecule has 0 saturated carbocycles. The third kappa shape index (κ3) is 5.73. The molecule has 0 heterocycles. The van der Waals surface area contributed by atoms with Crippen LogP contribution in [-0.4, -0.2) is 24.4 Å². The van der Waals surface area contributed by atoms with Gasteiger partial charge in [0, 0.05) is 17.8 Å². The van der Waals surface area contributed by atoms with Gasteiger partial charge < -0.3 is 16.4 Å². The Kier molecular flexibility index (Phi) is 8.66. The number of nitrogens with two attached hydrogens (primary N) is 1. The van der Waals surface area contributed by atoms with E-state index in [0.717, 1.165) is 6.42 Å². The number of carbonyl (C=O) groups is 2. The SMILES string of the molecule is CCNC(=O)c1ccc(NC(=O)C(N)C(C)CC)cc1.Cl. The van der Waals surface area contributed by atoms with Gasteiger partial charge in [-0.15, -0.1) is 12.4 Å². The van der Waals surface area contributed by atoms with Crippen LogP contribution in [0.15, 0.2) is 24.3 Å². The first-order valence-corrected chi connectivity index (χ1v) is 6.94. The Balaban J connectivity index is 0.00000400. The maximum atomic E-state index is 11.9. The first kappa shape index (κ1) is 19.4. The van der Waals surface area contributed by atoms with Gasteiger partial charge >= 0.3 is 0 Å². The Morgan fingerprint density at radius 2 is 1.76 bits per heavy atom. The van der Waals surface area contributed by atoms with E-state index < -0.39 is 6.04 Å². The van der Waals surface area contributed by atoms with Gasteiger partial charge in [0.1, 0.15) is 0 Å². The molecular weight excluding hydrogens is 290 g/mol. The zero-order valence-electron chi connectivity index (χ0n) is 12.7. The Morgan fingerprint density at radius 3 is 2.24 bits per heavy atom. The smallest absolute Gasteiger partial charge is 0.251 e. The van der Waals surface area contributed by atoms with Gasteiger partial charge in [-0.25, -0.2) is 0 Å². The molecule has 1 aromatic rings. The van der Waals surface area contributed by atoms with E-state index >= 15 is 0 Å². The van der Waals surface area contributed by atoms with Gasteiger partial charge in [0.15, 0.2) is 0 Å². The fraction of sp³-hybridized carbons (Fsp3) is 0.467. The first-order valence-electron chi connectivity index (χ1n) is 6.94. The molecule has 5 nitrogen and oxygen atoms in total. The molecular formula is C15H24ClN3O2. The van der Waals surface area contributed by atoms with E-state index in [1.807, 2.05) is 20.8 Å². The second kappa shape index (κ2) is 9.37. The summed E-state index contributed by atoms with van der Waals surface area (Å²) in [5, 5.41) is 5.48. The molecule has 0 fully saturated rings. The van der Waals surface area contributed by atoms with Crippen molar-refractivity contribution in [2.75, 3.05) is 11.9 Å². The van der Waals surface area contributed by atoms with Crippen molar-refractivity contribution in [3.05, 3.63) is 29.8 Å². The van der Waals surface area contributed by atoms with Crippen molar-refractivity contribution in [1.82, 2.24) is 5.32 Å². The second-order valence-electron chi connectivity index (χ2n) is 4.84. The van der Waals surface area contributed by atoms with Crippen LogP contribution in [0, 0.1) is 5.92 Å². The number of hydrogen-bond donors (Lipinski definition) is 3. The average Bonchev–Trinajstić information content (AvgIpc) is 2.46. The van der Waals surface area contributed by atoms with E-state index in [1.165, 1.54) is 0 Å². The number of carbonyl (C=O) groups excluding carboxylic acids is 2. The highest BCUT2D eigenvalue weighted by Crippen LogP contribution is 2.12. The minimum Gasteiger partial charge on any atom is -0.352 e. The van der Waals surface area contributed by atoms with E-state index in [2.05, 4.69) is 10.6 Å². The molecule has 0 aromatic heterocycles. The molecule has 2 atom stereocenters. The standard InChI is InChI=1S/C15H23N3O2.ClH/c1-4-10(3)13(16)15(20)18-12-8-6-11(7-9-12)14(19)17-5-2;/h6-10,13H,4-5,16H2,1-3H3,(H,17,19)(H,18,20);1H. The number of halogens is 1. The Hall–Kier alpha value is -1.59. The summed E-state index contributed by atoms with van der Waals surface area (Å²) >= 11 is 0. The van der Waals surface area contributed by atoms with Gasteiger partial charge in [0.05, 0.1) is 6.04 Å². The molecule has 2 amide bonds. The van der Waals surface area contributed by atoms with E-state index in [1.54, 1.807) is 24.3 Å². The molecule has 0 aliphatic rings. The number of amides is 2. The summed E-state index contributed by atoms with van der Waals surface area (Å²) in [6.45, 7) is 6.39. The zero-order valence-corrected chi connectivity index (χ0v) is 13.5. The van der Waals surface area contributed by atoms with Crippen molar-refractivity contribution in [2.45, 2.75) is 33.2 Å². The monoisotopic (exact) mass is 313 g/mol. The quantitative estimate of drug-likeness (QED) is 0.752. The van der Waals surface area contributed by atoms with E-state index in [-0.39, 0.29) is 30.1 Å². The van der Waals surface area contributed by atoms with Crippen molar-refractivity contribution in [1.29, 1.82) is 0 Å². The van der Waals surface area contributed by atoms with Crippen LogP contribution in [0.1, 0.15) is 37.6 Å². The highest BCUT2D eigenvalue weighted by Gasteiger charge is 2.19. The molecule has 1 aromatic carbocycles. The third-order valence-electron chi connectivity index (χ3n) is 3.31. The Labute approximate surface area is 132 Å².